The molecule has 1 saturated heterocycles. The second kappa shape index (κ2) is 10.5. The van der Waals surface area contributed by atoms with Gasteiger partial charge in [-0.1, -0.05) is 31.4 Å². The van der Waals surface area contributed by atoms with E-state index in [1.54, 1.807) is 7.11 Å². The summed E-state index contributed by atoms with van der Waals surface area (Å²) in [5.74, 6) is 2.06. The Hall–Kier alpha value is -2.08. The van der Waals surface area contributed by atoms with Crippen molar-refractivity contribution in [2.75, 3.05) is 39.8 Å². The van der Waals surface area contributed by atoms with Crippen LogP contribution >= 0.6 is 0 Å². The first kappa shape index (κ1) is 22.1. The lowest BCUT2D eigenvalue weighted by atomic mass is 9.84. The predicted octanol–water partition coefficient (Wildman–Crippen LogP) is 2.86. The lowest BCUT2D eigenvalue weighted by molar-refractivity contribution is -0.141. The van der Waals surface area contributed by atoms with Crippen molar-refractivity contribution in [1.29, 1.82) is 0 Å². The molecule has 0 spiro atoms. The van der Waals surface area contributed by atoms with Crippen molar-refractivity contribution >= 4 is 11.8 Å². The maximum absolute atomic E-state index is 13.2. The third-order valence-corrected chi connectivity index (χ3v) is 7.46. The largest absolute Gasteiger partial charge is 0.497 e. The molecule has 0 aromatic heterocycles. The van der Waals surface area contributed by atoms with E-state index < -0.39 is 0 Å². The quantitative estimate of drug-likeness (QED) is 0.693. The normalized spacial score (nSPS) is 21.5. The molecule has 31 heavy (non-hydrogen) atoms. The number of ether oxygens (including phenoxy) is 1. The standard InChI is InChI=1S/C25H37N3O3/c1-31-22-11-9-19(10-12-22)13-14-26-24(29)23(20-5-2-3-6-20)27-15-17-28(18-16-27)25(30)21-7-4-8-21/h9-12,20-21,23H,2-8,13-18H2,1H3,(H,26,29). The summed E-state index contributed by atoms with van der Waals surface area (Å²) in [6.07, 6.45) is 8.84. The highest BCUT2D eigenvalue weighted by atomic mass is 16.5. The predicted molar refractivity (Wildman–Crippen MR) is 121 cm³/mol. The van der Waals surface area contributed by atoms with Crippen molar-refractivity contribution in [1.82, 2.24) is 15.1 Å². The Bertz CT molecular complexity index is 733. The molecule has 4 rings (SSSR count). The SMILES string of the molecule is COc1ccc(CCNC(=O)C(C2CCCC2)N2CCN(C(=O)C3CCC3)CC2)cc1. The second-order valence-corrected chi connectivity index (χ2v) is 9.37. The maximum Gasteiger partial charge on any atom is 0.237 e. The van der Waals surface area contributed by atoms with Crippen molar-refractivity contribution in [2.45, 2.75) is 57.4 Å². The molecular formula is C25H37N3O3. The second-order valence-electron chi connectivity index (χ2n) is 9.37. The monoisotopic (exact) mass is 427 g/mol. The average Bonchev–Trinajstić information content (AvgIpc) is 3.28. The number of benzene rings is 1. The number of nitrogens with zero attached hydrogens (tertiary/aromatic N) is 2. The number of rotatable bonds is 8. The van der Waals surface area contributed by atoms with Crippen LogP contribution in [0, 0.1) is 11.8 Å². The van der Waals surface area contributed by atoms with Crippen LogP contribution in [-0.2, 0) is 16.0 Å². The summed E-state index contributed by atoms with van der Waals surface area (Å²) in [6.45, 7) is 3.79. The first-order chi connectivity index (χ1) is 15.2. The fourth-order valence-corrected chi connectivity index (χ4v) is 5.31. The van der Waals surface area contributed by atoms with Gasteiger partial charge >= 0.3 is 0 Å². The van der Waals surface area contributed by atoms with Gasteiger partial charge in [-0.25, -0.2) is 0 Å². The van der Waals surface area contributed by atoms with Crippen molar-refractivity contribution in [3.05, 3.63) is 29.8 Å². The Kier molecular flexibility index (Phi) is 7.49. The van der Waals surface area contributed by atoms with Gasteiger partial charge in [0, 0.05) is 38.6 Å². The van der Waals surface area contributed by atoms with Crippen molar-refractivity contribution in [3.63, 3.8) is 0 Å². The molecular weight excluding hydrogens is 390 g/mol. The summed E-state index contributed by atoms with van der Waals surface area (Å²) < 4.78 is 5.21. The van der Waals surface area contributed by atoms with E-state index in [0.29, 0.717) is 18.4 Å². The number of carbonyl (C=O) groups is 2. The van der Waals surface area contributed by atoms with E-state index in [1.807, 2.05) is 17.0 Å². The molecule has 6 heteroatoms. The summed E-state index contributed by atoms with van der Waals surface area (Å²) in [4.78, 5) is 30.2. The average molecular weight is 428 g/mol. The summed E-state index contributed by atoms with van der Waals surface area (Å²) in [6, 6.07) is 7.97. The molecule has 1 aromatic carbocycles. The molecule has 1 unspecified atom stereocenters. The molecule has 1 heterocycles. The van der Waals surface area contributed by atoms with Crippen LogP contribution in [0.5, 0.6) is 5.75 Å². The van der Waals surface area contributed by atoms with Gasteiger partial charge < -0.3 is 15.0 Å². The number of methoxy groups -OCH3 is 1. The minimum Gasteiger partial charge on any atom is -0.497 e. The Labute approximate surface area is 186 Å². The van der Waals surface area contributed by atoms with Gasteiger partial charge in [0.05, 0.1) is 13.2 Å². The Morgan fingerprint density at radius 2 is 1.68 bits per heavy atom. The van der Waals surface area contributed by atoms with Gasteiger partial charge in [0.25, 0.3) is 0 Å². The zero-order valence-electron chi connectivity index (χ0n) is 18.9. The van der Waals surface area contributed by atoms with Crippen LogP contribution < -0.4 is 10.1 Å². The highest BCUT2D eigenvalue weighted by Gasteiger charge is 2.38. The molecule has 2 saturated carbocycles. The van der Waals surface area contributed by atoms with Gasteiger partial charge in [0.1, 0.15) is 5.75 Å². The summed E-state index contributed by atoms with van der Waals surface area (Å²) >= 11 is 0. The van der Waals surface area contributed by atoms with Crippen LogP contribution in [0.25, 0.3) is 0 Å². The Morgan fingerprint density at radius 1 is 1.00 bits per heavy atom. The van der Waals surface area contributed by atoms with Gasteiger partial charge in [-0.2, -0.15) is 0 Å². The van der Waals surface area contributed by atoms with Gasteiger partial charge in [0.2, 0.25) is 11.8 Å². The lowest BCUT2D eigenvalue weighted by Gasteiger charge is -2.42. The minimum atomic E-state index is -0.0562. The van der Waals surface area contributed by atoms with Crippen molar-refractivity contribution in [3.8, 4) is 5.75 Å². The molecule has 3 fully saturated rings. The highest BCUT2D eigenvalue weighted by Crippen LogP contribution is 2.32. The number of hydrogen-bond donors (Lipinski definition) is 1. The molecule has 1 N–H and O–H groups in total. The topological polar surface area (TPSA) is 61.9 Å². The highest BCUT2D eigenvalue weighted by molar-refractivity contribution is 5.82. The van der Waals surface area contributed by atoms with Gasteiger partial charge in [-0.3, -0.25) is 14.5 Å². The Balaban J connectivity index is 1.30. The molecule has 170 valence electrons. The van der Waals surface area contributed by atoms with Crippen molar-refractivity contribution < 1.29 is 14.3 Å². The number of hydrogen-bond acceptors (Lipinski definition) is 4. The molecule has 1 aromatic rings. The summed E-state index contributed by atoms with van der Waals surface area (Å²) in [7, 11) is 1.67. The lowest BCUT2D eigenvalue weighted by Crippen LogP contribution is -2.58. The van der Waals surface area contributed by atoms with E-state index in [1.165, 1.54) is 24.8 Å². The van der Waals surface area contributed by atoms with Gasteiger partial charge in [0.15, 0.2) is 0 Å². The number of carbonyl (C=O) groups excluding carboxylic acids is 2. The first-order valence-electron chi connectivity index (χ1n) is 12.1. The first-order valence-corrected chi connectivity index (χ1v) is 12.1. The molecule has 3 aliphatic rings. The van der Waals surface area contributed by atoms with Crippen LogP contribution in [0.1, 0.15) is 50.5 Å². The zero-order valence-corrected chi connectivity index (χ0v) is 18.9. The molecule has 2 aliphatic carbocycles. The molecule has 0 bridgehead atoms. The third-order valence-electron chi connectivity index (χ3n) is 7.46. The minimum absolute atomic E-state index is 0.0562. The fraction of sp³-hybridized carbons (Fsp3) is 0.680. The van der Waals surface area contributed by atoms with Gasteiger partial charge in [-0.05, 0) is 55.7 Å². The van der Waals surface area contributed by atoms with E-state index >= 15 is 0 Å². The van der Waals surface area contributed by atoms with Crippen LogP contribution in [-0.4, -0.2) is 67.5 Å². The van der Waals surface area contributed by atoms with Crippen LogP contribution in [0.2, 0.25) is 0 Å². The third kappa shape index (κ3) is 5.40. The Morgan fingerprint density at radius 3 is 2.26 bits per heavy atom. The molecule has 0 radical (unpaired) electrons. The molecule has 2 amide bonds. The van der Waals surface area contributed by atoms with E-state index in [9.17, 15) is 9.59 Å². The van der Waals surface area contributed by atoms with Crippen LogP contribution in [0.4, 0.5) is 0 Å². The molecule has 1 atom stereocenters. The van der Waals surface area contributed by atoms with E-state index in [0.717, 1.165) is 64.0 Å². The summed E-state index contributed by atoms with van der Waals surface area (Å²) in [5.41, 5.74) is 1.20. The smallest absolute Gasteiger partial charge is 0.237 e. The fourth-order valence-electron chi connectivity index (χ4n) is 5.31. The number of piperazine rings is 1. The molecule has 6 nitrogen and oxygen atoms in total. The van der Waals surface area contributed by atoms with Crippen LogP contribution in [0.15, 0.2) is 24.3 Å². The zero-order chi connectivity index (χ0) is 21.6. The summed E-state index contributed by atoms with van der Waals surface area (Å²) in [5, 5.41) is 3.21. The van der Waals surface area contributed by atoms with E-state index in [2.05, 4.69) is 22.3 Å². The van der Waals surface area contributed by atoms with Gasteiger partial charge in [-0.15, -0.1) is 0 Å². The molecule has 1 aliphatic heterocycles. The number of amides is 2. The number of nitrogens with one attached hydrogen (secondary N) is 1. The van der Waals surface area contributed by atoms with Crippen LogP contribution in [0.3, 0.4) is 0 Å². The van der Waals surface area contributed by atoms with Crippen molar-refractivity contribution in [2.24, 2.45) is 11.8 Å². The maximum atomic E-state index is 13.2. The van der Waals surface area contributed by atoms with E-state index in [-0.39, 0.29) is 17.9 Å². The van der Waals surface area contributed by atoms with E-state index in [4.69, 9.17) is 4.74 Å².